The molecule has 37 heavy (non-hydrogen) atoms. The first-order chi connectivity index (χ1) is 17.2. The smallest absolute Gasteiger partial charge is 0.444 e. The van der Waals surface area contributed by atoms with Crippen molar-refractivity contribution in [3.63, 3.8) is 0 Å². The predicted molar refractivity (Wildman–Crippen MR) is 145 cm³/mol. The Bertz CT molecular complexity index is 978. The molecule has 1 aromatic rings. The van der Waals surface area contributed by atoms with Gasteiger partial charge in [0.2, 0.25) is 5.91 Å². The topological polar surface area (TPSA) is 85.9 Å². The molecule has 5 rings (SSSR count). The van der Waals surface area contributed by atoms with Crippen molar-refractivity contribution in [3.05, 3.63) is 35.9 Å². The van der Waals surface area contributed by atoms with Crippen molar-refractivity contribution < 1.29 is 23.6 Å². The van der Waals surface area contributed by atoms with Gasteiger partial charge in [-0.05, 0) is 82.1 Å². The lowest BCUT2D eigenvalue weighted by Gasteiger charge is -2.64. The first-order valence-electron chi connectivity index (χ1n) is 13.9. The fraction of sp³-hybridized carbons (Fsp3) is 0.724. The summed E-state index contributed by atoms with van der Waals surface area (Å²) in [7, 11) is -0.560. The largest absolute Gasteiger partial charge is 0.482 e. The Balaban J connectivity index is 1.52. The van der Waals surface area contributed by atoms with Crippen molar-refractivity contribution in [1.82, 2.24) is 10.6 Å². The summed E-state index contributed by atoms with van der Waals surface area (Å²) in [5.41, 5.74) is 0.311. The van der Waals surface area contributed by atoms with E-state index in [1.54, 1.807) is 20.8 Å². The number of nitrogens with one attached hydrogen (secondary N) is 2. The van der Waals surface area contributed by atoms with E-state index in [4.69, 9.17) is 14.0 Å². The van der Waals surface area contributed by atoms with Gasteiger partial charge in [0.05, 0.1) is 17.6 Å². The van der Waals surface area contributed by atoms with Gasteiger partial charge in [-0.1, -0.05) is 58.0 Å². The fourth-order valence-corrected chi connectivity index (χ4v) is 6.59. The van der Waals surface area contributed by atoms with Gasteiger partial charge in [0.1, 0.15) is 11.6 Å². The average molecular weight is 513 g/mol. The van der Waals surface area contributed by atoms with E-state index in [2.05, 4.69) is 31.4 Å². The maximum absolute atomic E-state index is 13.6. The molecule has 3 saturated carbocycles. The van der Waals surface area contributed by atoms with E-state index in [0.717, 1.165) is 12.0 Å². The molecule has 4 aliphatic rings. The highest BCUT2D eigenvalue weighted by Crippen LogP contribution is 2.65. The number of carbonyl (C=O) groups excluding carboxylic acids is 2. The number of hydrogen-bond donors (Lipinski definition) is 2. The Hall–Kier alpha value is -2.06. The Morgan fingerprint density at radius 3 is 2.38 bits per heavy atom. The second-order valence-corrected chi connectivity index (χ2v) is 13.5. The summed E-state index contributed by atoms with van der Waals surface area (Å²) < 4.78 is 18.7. The Morgan fingerprint density at radius 1 is 1.11 bits per heavy atom. The van der Waals surface area contributed by atoms with Crippen LogP contribution >= 0.6 is 0 Å². The third kappa shape index (κ3) is 6.01. The number of hydrogen-bond acceptors (Lipinski definition) is 5. The van der Waals surface area contributed by atoms with Crippen LogP contribution in [0.25, 0.3) is 0 Å². The monoisotopic (exact) mass is 512 g/mol. The summed E-state index contributed by atoms with van der Waals surface area (Å²) in [5, 5.41) is 5.99. The van der Waals surface area contributed by atoms with Crippen LogP contribution in [0.1, 0.15) is 80.2 Å². The number of ether oxygens (including phenoxy) is 1. The lowest BCUT2D eigenvalue weighted by Crippen LogP contribution is -2.65. The predicted octanol–water partition coefficient (Wildman–Crippen LogP) is 4.92. The molecule has 6 atom stereocenters. The number of benzene rings is 1. The second kappa shape index (κ2) is 10.3. The van der Waals surface area contributed by atoms with Crippen LogP contribution in [-0.4, -0.2) is 48.4 Å². The molecule has 1 heterocycles. The Morgan fingerprint density at radius 2 is 1.78 bits per heavy atom. The highest BCUT2D eigenvalue weighted by Gasteiger charge is 2.68. The summed E-state index contributed by atoms with van der Waals surface area (Å²) in [6, 6.07) is 9.34. The van der Waals surface area contributed by atoms with E-state index in [1.165, 1.54) is 6.42 Å². The molecule has 1 saturated heterocycles. The summed E-state index contributed by atoms with van der Waals surface area (Å²) in [6.45, 7) is 16.3. The molecule has 1 aliphatic heterocycles. The number of rotatable bonds is 8. The van der Waals surface area contributed by atoms with E-state index in [1.807, 2.05) is 44.2 Å². The van der Waals surface area contributed by atoms with Crippen molar-refractivity contribution >= 4 is 19.1 Å². The van der Waals surface area contributed by atoms with E-state index in [9.17, 15) is 9.59 Å². The van der Waals surface area contributed by atoms with Crippen LogP contribution in [0.2, 0.25) is 0 Å². The molecule has 2 N–H and O–H groups in total. The summed E-state index contributed by atoms with van der Waals surface area (Å²) in [5.74, 6) is 0.635. The molecule has 0 unspecified atom stereocenters. The van der Waals surface area contributed by atoms with E-state index in [-0.39, 0.29) is 28.9 Å². The van der Waals surface area contributed by atoms with E-state index >= 15 is 0 Å². The third-order valence-corrected chi connectivity index (χ3v) is 8.64. The molecular weight excluding hydrogens is 467 g/mol. The molecule has 4 fully saturated rings. The molecule has 204 valence electrons. The minimum atomic E-state index is -0.723. The van der Waals surface area contributed by atoms with Gasteiger partial charge in [0.25, 0.3) is 0 Å². The minimum Gasteiger partial charge on any atom is -0.444 e. The molecule has 0 spiro atoms. The fourth-order valence-electron chi connectivity index (χ4n) is 6.59. The van der Waals surface area contributed by atoms with Crippen LogP contribution in [0, 0.1) is 23.2 Å². The van der Waals surface area contributed by atoms with Gasteiger partial charge < -0.3 is 24.7 Å². The van der Waals surface area contributed by atoms with Gasteiger partial charge in [-0.15, -0.1) is 0 Å². The first kappa shape index (κ1) is 28.0. The molecule has 8 heteroatoms. The molecule has 1 aromatic carbocycles. The average Bonchev–Trinajstić information content (AvgIpc) is 3.14. The lowest BCUT2D eigenvalue weighted by atomic mass is 9.43. The SMILES string of the molecule is CC(C)C[C@H](NC(=O)OC(C)(C)C)C(=O)N[C@@H](Cc1ccccc1)B1O[C@@H]2C[C@@H]3C[C@@H](C3(C)C)[C@]2(C)O1. The summed E-state index contributed by atoms with van der Waals surface area (Å²) in [6.07, 6.45) is 2.64. The third-order valence-electron chi connectivity index (χ3n) is 8.64. The van der Waals surface area contributed by atoms with Gasteiger partial charge in [-0.3, -0.25) is 4.79 Å². The second-order valence-electron chi connectivity index (χ2n) is 13.5. The van der Waals surface area contributed by atoms with Gasteiger partial charge in [-0.2, -0.15) is 0 Å². The van der Waals surface area contributed by atoms with Crippen molar-refractivity contribution in [3.8, 4) is 0 Å². The zero-order valence-electron chi connectivity index (χ0n) is 23.8. The molecule has 3 aliphatic carbocycles. The van der Waals surface area contributed by atoms with Crippen LogP contribution in [-0.2, 0) is 25.3 Å². The zero-order chi connectivity index (χ0) is 27.2. The van der Waals surface area contributed by atoms with Gasteiger partial charge in [-0.25, -0.2) is 4.79 Å². The van der Waals surface area contributed by atoms with Crippen molar-refractivity contribution in [2.75, 3.05) is 0 Å². The van der Waals surface area contributed by atoms with Gasteiger partial charge in [0.15, 0.2) is 0 Å². The standard InChI is InChI=1S/C29H45BN2O5/c1-18(2)14-21(31-26(34)35-27(3,4)5)25(33)32-24(15-19-12-10-9-11-13-19)30-36-23-17-20-16-22(28(20,6)7)29(23,8)37-30/h9-13,18,20-24H,14-17H2,1-8H3,(H,31,34)(H,32,33)/t20-,21-,22-,23+,24-,29-/m0/s1. The van der Waals surface area contributed by atoms with Crippen molar-refractivity contribution in [1.29, 1.82) is 0 Å². The molecule has 7 nitrogen and oxygen atoms in total. The Labute approximate surface area is 222 Å². The molecule has 0 radical (unpaired) electrons. The quantitative estimate of drug-likeness (QED) is 0.483. The normalized spacial score (nSPS) is 29.6. The van der Waals surface area contributed by atoms with Crippen LogP contribution < -0.4 is 10.6 Å². The molecule has 0 aromatic heterocycles. The highest BCUT2D eigenvalue weighted by molar-refractivity contribution is 6.48. The molecule has 2 amide bonds. The van der Waals surface area contributed by atoms with Crippen molar-refractivity contribution in [2.45, 2.75) is 110 Å². The van der Waals surface area contributed by atoms with Gasteiger partial charge in [0, 0.05) is 0 Å². The zero-order valence-corrected chi connectivity index (χ0v) is 23.8. The Kier molecular flexibility index (Phi) is 7.75. The van der Waals surface area contributed by atoms with Crippen LogP contribution in [0.4, 0.5) is 4.79 Å². The number of amides is 2. The van der Waals surface area contributed by atoms with Gasteiger partial charge >= 0.3 is 13.2 Å². The van der Waals surface area contributed by atoms with Crippen LogP contribution in [0.3, 0.4) is 0 Å². The maximum atomic E-state index is 13.6. The van der Waals surface area contributed by atoms with Crippen molar-refractivity contribution in [2.24, 2.45) is 23.2 Å². The molecular formula is C29H45BN2O5. The van der Waals surface area contributed by atoms with Crippen LogP contribution in [0.5, 0.6) is 0 Å². The lowest BCUT2D eigenvalue weighted by molar-refractivity contribution is -0.199. The minimum absolute atomic E-state index is 0.0239. The van der Waals surface area contributed by atoms with E-state index < -0.39 is 30.8 Å². The maximum Gasteiger partial charge on any atom is 0.482 e. The highest BCUT2D eigenvalue weighted by atomic mass is 16.7. The summed E-state index contributed by atoms with van der Waals surface area (Å²) >= 11 is 0. The number of alkyl carbamates (subject to hydrolysis) is 1. The number of carbonyl (C=O) groups is 2. The first-order valence-corrected chi connectivity index (χ1v) is 13.9. The van der Waals surface area contributed by atoms with E-state index in [0.29, 0.717) is 24.7 Å². The van der Waals surface area contributed by atoms with Crippen LogP contribution in [0.15, 0.2) is 30.3 Å². The molecule has 2 bridgehead atoms. The summed E-state index contributed by atoms with van der Waals surface area (Å²) in [4.78, 5) is 26.2.